The molecule has 0 spiro atoms. The second-order valence-corrected chi connectivity index (χ2v) is 17.8. The molecule has 0 amide bonds. The van der Waals surface area contributed by atoms with Gasteiger partial charge in [-0.15, -0.1) is 0 Å². The quantitative estimate of drug-likeness (QED) is 0.119. The van der Waals surface area contributed by atoms with Crippen LogP contribution in [0.25, 0.3) is 90.9 Å². The molecular weight excluding hydrogens is 849 g/mol. The first kappa shape index (κ1) is 42.5. The van der Waals surface area contributed by atoms with Crippen LogP contribution < -0.4 is 16.0 Å². The lowest BCUT2D eigenvalue weighted by Gasteiger charge is -2.17. The predicted molar refractivity (Wildman–Crippen MR) is 271 cm³/mol. The minimum Gasteiger partial charge on any atom is -0.491 e. The van der Waals surface area contributed by atoms with Gasteiger partial charge in [-0.25, -0.2) is 14.8 Å². The average Bonchev–Trinajstić information content (AvgIpc) is 4.21. The van der Waals surface area contributed by atoms with Crippen LogP contribution in [0.1, 0.15) is 57.7 Å². The van der Waals surface area contributed by atoms with E-state index in [1.54, 1.807) is 6.92 Å². The number of aromatic nitrogens is 6. The number of hydrogen-bond donors (Lipinski definition) is 4. The van der Waals surface area contributed by atoms with Gasteiger partial charge in [0.25, 0.3) is 5.56 Å². The van der Waals surface area contributed by atoms with E-state index in [4.69, 9.17) is 19.4 Å². The summed E-state index contributed by atoms with van der Waals surface area (Å²) in [7, 11) is 0. The number of ether oxygens (including phenoxy) is 2. The molecule has 11 rings (SSSR count). The SMILES string of the molecule is Cc1ccc(-c2c3nc(c(-c4ccc(C)cc4)c4ccc([nH]4)c(-c4ccc(OC[C@H]5O[C@@H](n6cc(C)c(=O)[nH]c6=O)C[C@@H]5O)cc4)c4nc(c(-c5ccc(C)cc5)c5ccc2[nH]5)C=C4)C=C3)cc1. The fourth-order valence-electron chi connectivity index (χ4n) is 9.31. The van der Waals surface area contributed by atoms with Gasteiger partial charge < -0.3 is 24.5 Å². The lowest BCUT2D eigenvalue weighted by atomic mass is 10.0. The molecule has 1 saturated heterocycles. The molecule has 0 radical (unpaired) electrons. The van der Waals surface area contributed by atoms with E-state index in [2.05, 4.69) is 157 Å². The third-order valence-corrected chi connectivity index (χ3v) is 13.0. The monoisotopic (exact) mass is 896 g/mol. The van der Waals surface area contributed by atoms with Gasteiger partial charge in [-0.05, 0) is 111 Å². The van der Waals surface area contributed by atoms with Crippen LogP contribution in [0.4, 0.5) is 0 Å². The summed E-state index contributed by atoms with van der Waals surface area (Å²) in [5.41, 5.74) is 17.7. The van der Waals surface area contributed by atoms with Crippen molar-refractivity contribution in [2.75, 3.05) is 6.61 Å². The number of H-pyrrole nitrogens is 3. The molecule has 0 aliphatic carbocycles. The van der Waals surface area contributed by atoms with E-state index in [9.17, 15) is 14.7 Å². The molecule has 8 aromatic rings. The molecule has 4 aromatic carbocycles. The number of nitrogens with zero attached hydrogens (tertiary/aromatic N) is 3. The molecule has 0 saturated carbocycles. The Hall–Kier alpha value is -8.12. The maximum absolute atomic E-state index is 12.6. The van der Waals surface area contributed by atoms with Crippen LogP contribution in [0.5, 0.6) is 5.75 Å². The molecule has 8 bridgehead atoms. The van der Waals surface area contributed by atoms with Crippen molar-refractivity contribution in [3.8, 4) is 50.3 Å². The maximum Gasteiger partial charge on any atom is 0.330 e. The first-order valence-electron chi connectivity index (χ1n) is 22.8. The summed E-state index contributed by atoms with van der Waals surface area (Å²) in [6.45, 7) is 7.95. The summed E-state index contributed by atoms with van der Waals surface area (Å²) in [6, 6.07) is 42.0. The summed E-state index contributed by atoms with van der Waals surface area (Å²) in [5, 5.41) is 10.9. The van der Waals surface area contributed by atoms with Crippen LogP contribution in [0.2, 0.25) is 0 Å². The number of nitrogens with one attached hydrogen (secondary N) is 3. The predicted octanol–water partition coefficient (Wildman–Crippen LogP) is 11.1. The fraction of sp³-hybridized carbons (Fsp3) is 0.158. The number of benzene rings is 4. The van der Waals surface area contributed by atoms with Crippen LogP contribution in [0, 0.1) is 27.7 Å². The summed E-state index contributed by atoms with van der Waals surface area (Å²) < 4.78 is 13.6. The highest BCUT2D eigenvalue weighted by atomic mass is 16.6. The Labute approximate surface area is 391 Å². The minimum atomic E-state index is -0.878. The van der Waals surface area contributed by atoms with Crippen LogP contribution in [0.15, 0.2) is 137 Å². The van der Waals surface area contributed by atoms with Gasteiger partial charge in [0.05, 0.1) is 28.9 Å². The third kappa shape index (κ3) is 8.01. The van der Waals surface area contributed by atoms with Crippen LogP contribution in [0.3, 0.4) is 0 Å². The Morgan fingerprint density at radius 1 is 0.559 bits per heavy atom. The molecule has 4 aromatic heterocycles. The van der Waals surface area contributed by atoms with Crippen molar-refractivity contribution in [2.45, 2.75) is 52.6 Å². The van der Waals surface area contributed by atoms with Gasteiger partial charge in [0, 0.05) is 62.5 Å². The Kier molecular flexibility index (Phi) is 10.8. The number of hydrogen-bond acceptors (Lipinski definition) is 7. The van der Waals surface area contributed by atoms with E-state index in [0.29, 0.717) is 11.3 Å². The maximum atomic E-state index is 12.6. The van der Waals surface area contributed by atoms with Crippen LogP contribution in [-0.4, -0.2) is 53.4 Å². The number of rotatable bonds is 8. The zero-order valence-electron chi connectivity index (χ0n) is 38.0. The summed E-state index contributed by atoms with van der Waals surface area (Å²) in [6.07, 6.45) is 7.71. The Morgan fingerprint density at radius 2 is 0.941 bits per heavy atom. The van der Waals surface area contributed by atoms with E-state index in [0.717, 1.165) is 89.4 Å². The molecule has 1 fully saturated rings. The van der Waals surface area contributed by atoms with Crippen molar-refractivity contribution in [3.05, 3.63) is 193 Å². The molecule has 7 heterocycles. The lowest BCUT2D eigenvalue weighted by molar-refractivity contribution is -0.0410. The highest BCUT2D eigenvalue weighted by Crippen LogP contribution is 2.39. The first-order valence-corrected chi connectivity index (χ1v) is 22.8. The molecule has 11 nitrogen and oxygen atoms in total. The highest BCUT2D eigenvalue weighted by Gasteiger charge is 2.36. The van der Waals surface area contributed by atoms with Gasteiger partial charge in [0.2, 0.25) is 0 Å². The van der Waals surface area contributed by atoms with Gasteiger partial charge in [-0.3, -0.25) is 14.3 Å². The second kappa shape index (κ2) is 17.3. The van der Waals surface area contributed by atoms with Crippen molar-refractivity contribution in [3.63, 3.8) is 0 Å². The highest BCUT2D eigenvalue weighted by molar-refractivity contribution is 5.99. The molecule has 11 heteroatoms. The Balaban J connectivity index is 1.07. The van der Waals surface area contributed by atoms with E-state index >= 15 is 0 Å². The summed E-state index contributed by atoms with van der Waals surface area (Å²) in [5.74, 6) is 0.578. The standard InChI is InChI=1S/C57H48N6O5/c1-32-5-11-36(12-6-32)52-41-21-23-43(58-41)53(37-13-7-33(2)8-14-37)45-25-27-47(60-45)55(48-28-26-46(61-48)54(44-24-22-42(52)59-44)38-15-9-34(3)10-16-38)39-17-19-40(20-18-39)67-31-50-49(64)29-51(68-50)63-30-35(4)56(65)62-57(63)66/h5-28,30,49-51,58,61,64H,29,31H2,1-4H3,(H,62,65,66)/t49-,50+,51+/m0/s1. The minimum absolute atomic E-state index is 0.0515. The van der Waals surface area contributed by atoms with Crippen molar-refractivity contribution in [1.82, 2.24) is 29.5 Å². The second-order valence-electron chi connectivity index (χ2n) is 17.8. The largest absolute Gasteiger partial charge is 0.491 e. The average molecular weight is 897 g/mol. The van der Waals surface area contributed by atoms with Gasteiger partial charge in [-0.2, -0.15) is 0 Å². The smallest absolute Gasteiger partial charge is 0.330 e. The lowest BCUT2D eigenvalue weighted by Crippen LogP contribution is -2.33. The van der Waals surface area contributed by atoms with E-state index in [-0.39, 0.29) is 13.0 Å². The summed E-state index contributed by atoms with van der Waals surface area (Å²) in [4.78, 5) is 45.4. The van der Waals surface area contributed by atoms with Gasteiger partial charge in [-0.1, -0.05) is 102 Å². The molecule has 336 valence electrons. The number of aromatic amines is 3. The van der Waals surface area contributed by atoms with E-state index in [1.165, 1.54) is 27.5 Å². The molecular formula is C57H48N6O5. The van der Waals surface area contributed by atoms with Crippen molar-refractivity contribution >= 4 is 46.4 Å². The molecule has 3 aliphatic rings. The van der Waals surface area contributed by atoms with Crippen molar-refractivity contribution in [1.29, 1.82) is 0 Å². The molecule has 3 atom stereocenters. The Bertz CT molecular complexity index is 3570. The topological polar surface area (TPSA) is 151 Å². The molecule has 4 N–H and O–H groups in total. The van der Waals surface area contributed by atoms with E-state index in [1.807, 2.05) is 24.3 Å². The number of aliphatic hydroxyl groups excluding tert-OH is 1. The van der Waals surface area contributed by atoms with Crippen molar-refractivity contribution < 1.29 is 14.6 Å². The fourth-order valence-corrected chi connectivity index (χ4v) is 9.31. The van der Waals surface area contributed by atoms with Gasteiger partial charge >= 0.3 is 5.69 Å². The van der Waals surface area contributed by atoms with Crippen LogP contribution in [-0.2, 0) is 4.74 Å². The molecule has 68 heavy (non-hydrogen) atoms. The number of fused-ring (bicyclic) bond motifs is 8. The third-order valence-electron chi connectivity index (χ3n) is 13.0. The summed E-state index contributed by atoms with van der Waals surface area (Å²) >= 11 is 0. The zero-order chi connectivity index (χ0) is 46.6. The Morgan fingerprint density at radius 3 is 1.34 bits per heavy atom. The van der Waals surface area contributed by atoms with Crippen LogP contribution >= 0.6 is 0 Å². The number of aryl methyl sites for hydroxylation is 4. The zero-order valence-corrected chi connectivity index (χ0v) is 38.0. The molecule has 0 unspecified atom stereocenters. The van der Waals surface area contributed by atoms with E-state index < -0.39 is 29.7 Å². The molecule has 3 aliphatic heterocycles. The van der Waals surface area contributed by atoms with Gasteiger partial charge in [0.15, 0.2) is 0 Å². The normalized spacial score (nSPS) is 16.4. The van der Waals surface area contributed by atoms with Crippen molar-refractivity contribution in [2.24, 2.45) is 0 Å². The number of aliphatic hydroxyl groups is 1. The van der Waals surface area contributed by atoms with Gasteiger partial charge in [0.1, 0.15) is 24.7 Å². The first-order chi connectivity index (χ1) is 33.0.